The van der Waals surface area contributed by atoms with Gasteiger partial charge in [0.25, 0.3) is 11.8 Å². The van der Waals surface area contributed by atoms with Gasteiger partial charge in [-0.3, -0.25) is 14.6 Å². The normalized spacial score (nSPS) is 12.5. The standard InChI is InChI=1S/C49H31N3O2/c53-48-39-22-14-25-44(51-43-24-11-10-21-37(43)38-27-26-35(31-45(38)51)42-23-12-13-28-50-42)46(39)49(54)52(48)47-40(33-17-6-2-7-18-33)29-36(32-15-4-1-5-16-32)30-41(47)34-19-8-3-9-20-34/h1-31H. The number of nitrogens with zero attached hydrogens (tertiary/aromatic N) is 3. The van der Waals surface area contributed by atoms with Gasteiger partial charge < -0.3 is 4.57 Å². The van der Waals surface area contributed by atoms with Crippen molar-refractivity contribution < 1.29 is 9.59 Å². The van der Waals surface area contributed by atoms with Crippen LogP contribution in [-0.4, -0.2) is 21.4 Å². The molecule has 3 heterocycles. The molecule has 0 spiro atoms. The summed E-state index contributed by atoms with van der Waals surface area (Å²) in [6.45, 7) is 0. The third-order valence-corrected chi connectivity index (χ3v) is 10.4. The molecule has 5 nitrogen and oxygen atoms in total. The molecule has 0 aliphatic carbocycles. The highest BCUT2D eigenvalue weighted by molar-refractivity contribution is 6.37. The number of hydrogen-bond donors (Lipinski definition) is 0. The van der Waals surface area contributed by atoms with Gasteiger partial charge in [0.1, 0.15) is 0 Å². The number of fused-ring (bicyclic) bond motifs is 4. The van der Waals surface area contributed by atoms with Crippen LogP contribution in [0.25, 0.3) is 72.1 Å². The highest BCUT2D eigenvalue weighted by Crippen LogP contribution is 2.47. The number of pyridine rings is 1. The minimum atomic E-state index is -0.362. The quantitative estimate of drug-likeness (QED) is 0.163. The van der Waals surface area contributed by atoms with E-state index in [0.717, 1.165) is 66.4 Å². The number of para-hydroxylation sites is 1. The molecule has 0 saturated carbocycles. The first-order chi connectivity index (χ1) is 26.7. The van der Waals surface area contributed by atoms with Crippen molar-refractivity contribution in [2.45, 2.75) is 0 Å². The van der Waals surface area contributed by atoms with Crippen LogP contribution in [-0.2, 0) is 0 Å². The number of imide groups is 1. The first-order valence-corrected chi connectivity index (χ1v) is 18.0. The third kappa shape index (κ3) is 4.98. The van der Waals surface area contributed by atoms with E-state index in [1.54, 1.807) is 12.3 Å². The molecule has 0 fully saturated rings. The van der Waals surface area contributed by atoms with E-state index in [-0.39, 0.29) is 11.8 Å². The van der Waals surface area contributed by atoms with Crippen LogP contribution < -0.4 is 4.90 Å². The Morgan fingerprint density at radius 2 is 1.02 bits per heavy atom. The molecule has 1 aliphatic heterocycles. The summed E-state index contributed by atoms with van der Waals surface area (Å²) in [6, 6.07) is 60.4. The van der Waals surface area contributed by atoms with Crippen molar-refractivity contribution in [3.8, 4) is 50.3 Å². The molecule has 0 atom stereocenters. The second-order valence-electron chi connectivity index (χ2n) is 13.5. The summed E-state index contributed by atoms with van der Waals surface area (Å²) < 4.78 is 2.12. The second kappa shape index (κ2) is 12.7. The molecule has 54 heavy (non-hydrogen) atoms. The third-order valence-electron chi connectivity index (χ3n) is 10.4. The SMILES string of the molecule is O=C1c2cccc(-n3c4ccccc4c4ccc(-c5ccccn5)cc43)c2C(=O)N1c1c(-c2ccccc2)cc(-c2ccccc2)cc1-c1ccccc1. The Hall–Kier alpha value is -7.37. The smallest absolute Gasteiger partial charge is 0.268 e. The van der Waals surface area contributed by atoms with Crippen molar-refractivity contribution in [3.05, 3.63) is 199 Å². The lowest BCUT2D eigenvalue weighted by molar-refractivity contribution is 0.0926. The summed E-state index contributed by atoms with van der Waals surface area (Å²) in [5.41, 5.74) is 11.1. The van der Waals surface area contributed by atoms with Gasteiger partial charge in [0.05, 0.1) is 39.2 Å². The van der Waals surface area contributed by atoms with Crippen LogP contribution in [0.4, 0.5) is 5.69 Å². The minimum absolute atomic E-state index is 0.353. The first-order valence-electron chi connectivity index (χ1n) is 18.0. The van der Waals surface area contributed by atoms with E-state index < -0.39 is 0 Å². The number of amides is 2. The van der Waals surface area contributed by atoms with Gasteiger partial charge in [-0.2, -0.15) is 0 Å². The lowest BCUT2D eigenvalue weighted by Gasteiger charge is -2.24. The topological polar surface area (TPSA) is 55.2 Å². The van der Waals surface area contributed by atoms with Crippen LogP contribution in [0, 0.1) is 0 Å². The van der Waals surface area contributed by atoms with Gasteiger partial charge >= 0.3 is 0 Å². The maximum absolute atomic E-state index is 15.3. The van der Waals surface area contributed by atoms with Crippen LogP contribution in [0.2, 0.25) is 0 Å². The van der Waals surface area contributed by atoms with Gasteiger partial charge in [-0.25, -0.2) is 4.90 Å². The van der Waals surface area contributed by atoms with Gasteiger partial charge in [-0.15, -0.1) is 0 Å². The number of carbonyl (C=O) groups is 2. The molecule has 0 unspecified atom stereocenters. The predicted molar refractivity (Wildman–Crippen MR) is 218 cm³/mol. The molecule has 5 heteroatoms. The van der Waals surface area contributed by atoms with Crippen LogP contribution in [0.3, 0.4) is 0 Å². The van der Waals surface area contributed by atoms with Crippen LogP contribution >= 0.6 is 0 Å². The summed E-state index contributed by atoms with van der Waals surface area (Å²) in [5.74, 6) is -0.715. The Balaban J connectivity index is 1.23. The average Bonchev–Trinajstić information content (AvgIpc) is 3.71. The zero-order valence-electron chi connectivity index (χ0n) is 29.1. The monoisotopic (exact) mass is 693 g/mol. The molecule has 0 saturated heterocycles. The molecule has 0 radical (unpaired) electrons. The zero-order chi connectivity index (χ0) is 36.2. The van der Waals surface area contributed by atoms with E-state index >= 15 is 4.79 Å². The second-order valence-corrected chi connectivity index (χ2v) is 13.5. The molecule has 2 amide bonds. The van der Waals surface area contributed by atoms with E-state index in [0.29, 0.717) is 22.5 Å². The van der Waals surface area contributed by atoms with Crippen molar-refractivity contribution >= 4 is 39.3 Å². The number of rotatable bonds is 6. The van der Waals surface area contributed by atoms with E-state index in [9.17, 15) is 4.79 Å². The molecular weight excluding hydrogens is 663 g/mol. The molecule has 9 aromatic rings. The maximum Gasteiger partial charge on any atom is 0.268 e. The van der Waals surface area contributed by atoms with Gasteiger partial charge in [0, 0.05) is 33.7 Å². The van der Waals surface area contributed by atoms with E-state index in [1.165, 1.54) is 4.90 Å². The Labute approximate surface area is 312 Å². The summed E-state index contributed by atoms with van der Waals surface area (Å²) >= 11 is 0. The first kappa shape index (κ1) is 31.4. The lowest BCUT2D eigenvalue weighted by atomic mass is 9.90. The molecule has 2 aromatic heterocycles. The Morgan fingerprint density at radius 3 is 1.69 bits per heavy atom. The number of carbonyl (C=O) groups excluding carboxylic acids is 2. The fourth-order valence-electron chi connectivity index (χ4n) is 7.93. The summed E-state index contributed by atoms with van der Waals surface area (Å²) in [6.07, 6.45) is 1.79. The molecular formula is C49H31N3O2. The summed E-state index contributed by atoms with van der Waals surface area (Å²) in [5, 5.41) is 2.10. The largest absolute Gasteiger partial charge is 0.308 e. The number of hydrogen-bond acceptors (Lipinski definition) is 3. The highest BCUT2D eigenvalue weighted by Gasteiger charge is 2.41. The van der Waals surface area contributed by atoms with Crippen LogP contribution in [0.1, 0.15) is 20.7 Å². The number of anilines is 1. The zero-order valence-corrected chi connectivity index (χ0v) is 29.1. The van der Waals surface area contributed by atoms with Crippen molar-refractivity contribution in [2.75, 3.05) is 4.90 Å². The van der Waals surface area contributed by atoms with Crippen molar-refractivity contribution in [2.24, 2.45) is 0 Å². The predicted octanol–water partition coefficient (Wildman–Crippen LogP) is 11.6. The van der Waals surface area contributed by atoms with Crippen molar-refractivity contribution in [3.63, 3.8) is 0 Å². The van der Waals surface area contributed by atoms with E-state index in [4.69, 9.17) is 0 Å². The number of aromatic nitrogens is 2. The minimum Gasteiger partial charge on any atom is -0.308 e. The average molecular weight is 694 g/mol. The van der Waals surface area contributed by atoms with Gasteiger partial charge in [0.15, 0.2) is 0 Å². The fourth-order valence-corrected chi connectivity index (χ4v) is 7.93. The number of benzene rings is 7. The molecule has 7 aromatic carbocycles. The van der Waals surface area contributed by atoms with Gasteiger partial charge in [0.2, 0.25) is 0 Å². The molecule has 254 valence electrons. The van der Waals surface area contributed by atoms with Crippen molar-refractivity contribution in [1.29, 1.82) is 0 Å². The Bertz CT molecular complexity index is 2840. The van der Waals surface area contributed by atoms with Gasteiger partial charge in [-0.05, 0) is 70.8 Å². The Morgan fingerprint density at radius 1 is 0.407 bits per heavy atom. The highest BCUT2D eigenvalue weighted by atomic mass is 16.2. The molecule has 0 bridgehead atoms. The summed E-state index contributed by atoms with van der Waals surface area (Å²) in [7, 11) is 0. The Kier molecular flexibility index (Phi) is 7.37. The van der Waals surface area contributed by atoms with E-state index in [1.807, 2.05) is 121 Å². The molecule has 0 N–H and O–H groups in total. The van der Waals surface area contributed by atoms with Gasteiger partial charge in [-0.1, -0.05) is 133 Å². The summed E-state index contributed by atoms with van der Waals surface area (Å²) in [4.78, 5) is 36.2. The lowest BCUT2D eigenvalue weighted by Crippen LogP contribution is -2.30. The van der Waals surface area contributed by atoms with Crippen molar-refractivity contribution in [1.82, 2.24) is 9.55 Å². The van der Waals surface area contributed by atoms with E-state index in [2.05, 4.69) is 64.1 Å². The molecule has 1 aliphatic rings. The van der Waals surface area contributed by atoms with Crippen LogP contribution in [0.15, 0.2) is 188 Å². The molecule has 10 rings (SSSR count). The maximum atomic E-state index is 15.3. The fraction of sp³-hybridized carbons (Fsp3) is 0. The van der Waals surface area contributed by atoms with Crippen LogP contribution in [0.5, 0.6) is 0 Å².